The van der Waals surface area contributed by atoms with Gasteiger partial charge in [-0.2, -0.15) is 0 Å². The zero-order valence-electron chi connectivity index (χ0n) is 29.5. The second-order valence-corrected chi connectivity index (χ2v) is 14.3. The monoisotopic (exact) mass is 721 g/mol. The Kier molecular flexibility index (Phi) is 8.28. The first-order chi connectivity index (χ1) is 27.2. The van der Waals surface area contributed by atoms with Crippen molar-refractivity contribution in [1.29, 1.82) is 0 Å². The lowest BCUT2D eigenvalue weighted by atomic mass is 9.95. The Morgan fingerprint density at radius 3 is 1.36 bits per heavy atom. The fourth-order valence-electron chi connectivity index (χ4n) is 7.09. The Morgan fingerprint density at radius 1 is 0.291 bits per heavy atom. The first-order valence-electron chi connectivity index (χ1n) is 18.2. The molecule has 6 heteroatoms. The smallest absolute Gasteiger partial charge is 0.164 e. The number of rotatable bonds is 7. The third-order valence-corrected chi connectivity index (χ3v) is 11.0. The van der Waals surface area contributed by atoms with Crippen molar-refractivity contribution in [2.24, 2.45) is 0 Å². The van der Waals surface area contributed by atoms with E-state index in [9.17, 15) is 0 Å². The van der Waals surface area contributed by atoms with Gasteiger partial charge in [-0.05, 0) is 29.8 Å². The van der Waals surface area contributed by atoms with Gasteiger partial charge in [0.1, 0.15) is 0 Å². The second kappa shape index (κ2) is 14.0. The zero-order valence-corrected chi connectivity index (χ0v) is 30.4. The normalized spacial score (nSPS) is 11.3. The van der Waals surface area contributed by atoms with Crippen LogP contribution in [0.1, 0.15) is 0 Å². The molecule has 0 aliphatic heterocycles. The van der Waals surface area contributed by atoms with Gasteiger partial charge < -0.3 is 0 Å². The van der Waals surface area contributed by atoms with Gasteiger partial charge in [0.25, 0.3) is 0 Å². The molecule has 0 atom stereocenters. The van der Waals surface area contributed by atoms with E-state index in [1.807, 2.05) is 97.1 Å². The van der Waals surface area contributed by atoms with Crippen LogP contribution in [0.4, 0.5) is 0 Å². The molecule has 0 unspecified atom stereocenters. The van der Waals surface area contributed by atoms with Crippen LogP contribution < -0.4 is 0 Å². The molecule has 0 aliphatic rings. The maximum atomic E-state index is 5.18. The minimum Gasteiger partial charge on any atom is -0.228 e. The minimum atomic E-state index is 0.641. The van der Waals surface area contributed by atoms with Gasteiger partial charge >= 0.3 is 0 Å². The number of hydrogen-bond acceptors (Lipinski definition) is 6. The van der Waals surface area contributed by atoms with Crippen molar-refractivity contribution >= 4 is 31.5 Å². The van der Waals surface area contributed by atoms with Crippen molar-refractivity contribution in [1.82, 2.24) is 24.9 Å². The largest absolute Gasteiger partial charge is 0.228 e. The number of aromatic nitrogens is 5. The molecule has 7 aromatic carbocycles. The lowest BCUT2D eigenvalue weighted by molar-refractivity contribution is 1.07. The van der Waals surface area contributed by atoms with Crippen LogP contribution in [0.25, 0.3) is 99.4 Å². The molecule has 0 aliphatic carbocycles. The van der Waals surface area contributed by atoms with Gasteiger partial charge in [0.2, 0.25) is 0 Å². The van der Waals surface area contributed by atoms with Crippen LogP contribution in [0.15, 0.2) is 188 Å². The summed E-state index contributed by atoms with van der Waals surface area (Å²) in [5.74, 6) is 2.63. The van der Waals surface area contributed by atoms with Crippen molar-refractivity contribution in [2.75, 3.05) is 0 Å². The molecule has 0 saturated heterocycles. The summed E-state index contributed by atoms with van der Waals surface area (Å²) >= 11 is 1.81. The predicted molar refractivity (Wildman–Crippen MR) is 226 cm³/mol. The van der Waals surface area contributed by atoms with E-state index in [1.54, 1.807) is 11.3 Å². The molecule has 0 radical (unpaired) electrons. The van der Waals surface area contributed by atoms with Crippen LogP contribution in [0.2, 0.25) is 0 Å². The van der Waals surface area contributed by atoms with Gasteiger partial charge in [-0.15, -0.1) is 11.3 Å². The average Bonchev–Trinajstić information content (AvgIpc) is 3.66. The van der Waals surface area contributed by atoms with E-state index >= 15 is 0 Å². The van der Waals surface area contributed by atoms with E-state index in [2.05, 4.69) is 91.0 Å². The predicted octanol–water partition coefficient (Wildman–Crippen LogP) is 12.7. The Balaban J connectivity index is 1.12. The minimum absolute atomic E-state index is 0.641. The van der Waals surface area contributed by atoms with E-state index in [4.69, 9.17) is 24.9 Å². The summed E-state index contributed by atoms with van der Waals surface area (Å²) < 4.78 is 2.41. The van der Waals surface area contributed by atoms with Crippen molar-refractivity contribution in [3.63, 3.8) is 0 Å². The summed E-state index contributed by atoms with van der Waals surface area (Å²) in [6.45, 7) is 0. The summed E-state index contributed by atoms with van der Waals surface area (Å²) in [7, 11) is 0. The molecular formula is C49H31N5S. The number of hydrogen-bond donors (Lipinski definition) is 0. The Bertz CT molecular complexity index is 2850. The molecule has 0 spiro atoms. The molecule has 5 nitrogen and oxygen atoms in total. The first-order valence-corrected chi connectivity index (χ1v) is 19.0. The van der Waals surface area contributed by atoms with E-state index in [0.717, 1.165) is 55.9 Å². The summed E-state index contributed by atoms with van der Waals surface area (Å²) in [6.07, 6.45) is 0. The molecule has 3 heterocycles. The number of thiophene rings is 1. The second-order valence-electron chi connectivity index (χ2n) is 13.3. The molecule has 10 aromatic rings. The first kappa shape index (κ1) is 32.5. The molecule has 3 aromatic heterocycles. The van der Waals surface area contributed by atoms with Gasteiger partial charge in [-0.25, -0.2) is 24.9 Å². The molecule has 0 bridgehead atoms. The highest BCUT2D eigenvalue weighted by molar-refractivity contribution is 7.26. The third-order valence-electron chi connectivity index (χ3n) is 9.78. The van der Waals surface area contributed by atoms with E-state index in [0.29, 0.717) is 23.3 Å². The van der Waals surface area contributed by atoms with Crippen LogP contribution in [0, 0.1) is 0 Å². The topological polar surface area (TPSA) is 64.5 Å². The Morgan fingerprint density at radius 2 is 0.764 bits per heavy atom. The van der Waals surface area contributed by atoms with Crippen molar-refractivity contribution in [3.8, 4) is 79.2 Å². The molecule has 0 saturated carbocycles. The molecular weight excluding hydrogens is 691 g/mol. The summed E-state index contributed by atoms with van der Waals surface area (Å²) in [5, 5.41) is 2.35. The van der Waals surface area contributed by atoms with Crippen molar-refractivity contribution < 1.29 is 0 Å². The number of benzene rings is 7. The van der Waals surface area contributed by atoms with E-state index in [-0.39, 0.29) is 0 Å². The lowest BCUT2D eigenvalue weighted by Gasteiger charge is -2.13. The molecule has 0 N–H and O–H groups in total. The van der Waals surface area contributed by atoms with Gasteiger partial charge in [0.15, 0.2) is 23.3 Å². The standard InChI is InChI=1S/C49H31N5S/c1-5-16-32(17-6-1)42-31-43(51-46(50-42)33-18-7-2-8-19-33)38-25-14-13-24-37(38)39-26-15-27-40-41-30-36(28-29-44(41)55-45(39)40)49-53-47(34-20-9-3-10-21-34)52-48(54-49)35-22-11-4-12-23-35/h1-31H. The SMILES string of the molecule is c1ccc(-c2cc(-c3ccccc3-c3cccc4c3sc3ccc(-c5nc(-c6ccccc6)nc(-c6ccccc6)n5)cc34)nc(-c3ccccc3)n2)cc1. The third kappa shape index (κ3) is 6.24. The Hall–Kier alpha value is -7.15. The van der Waals surface area contributed by atoms with Gasteiger partial charge in [-0.3, -0.25) is 0 Å². The molecule has 10 rings (SSSR count). The fraction of sp³-hybridized carbons (Fsp3) is 0. The molecule has 258 valence electrons. The lowest BCUT2D eigenvalue weighted by Crippen LogP contribution is -2.00. The van der Waals surface area contributed by atoms with Gasteiger partial charge in [0.05, 0.1) is 11.4 Å². The maximum Gasteiger partial charge on any atom is 0.164 e. The van der Waals surface area contributed by atoms with Crippen LogP contribution in [-0.2, 0) is 0 Å². The molecule has 55 heavy (non-hydrogen) atoms. The fourth-order valence-corrected chi connectivity index (χ4v) is 8.30. The molecule has 0 fully saturated rings. The summed E-state index contributed by atoms with van der Waals surface area (Å²) in [4.78, 5) is 25.1. The zero-order chi connectivity index (χ0) is 36.6. The van der Waals surface area contributed by atoms with Crippen LogP contribution in [-0.4, -0.2) is 24.9 Å². The summed E-state index contributed by atoms with van der Waals surface area (Å²) in [6, 6.07) is 64.5. The quantitative estimate of drug-likeness (QED) is 0.164. The average molecular weight is 722 g/mol. The Labute approximate surface area is 322 Å². The van der Waals surface area contributed by atoms with E-state index in [1.165, 1.54) is 20.2 Å². The summed E-state index contributed by atoms with van der Waals surface area (Å²) in [5.41, 5.74) is 9.96. The van der Waals surface area contributed by atoms with Gasteiger partial charge in [0, 0.05) is 59.1 Å². The van der Waals surface area contributed by atoms with Crippen molar-refractivity contribution in [2.45, 2.75) is 0 Å². The number of fused-ring (bicyclic) bond motifs is 3. The maximum absolute atomic E-state index is 5.18. The van der Waals surface area contributed by atoms with Crippen LogP contribution in [0.3, 0.4) is 0 Å². The molecule has 0 amide bonds. The van der Waals surface area contributed by atoms with E-state index < -0.39 is 0 Å². The highest BCUT2D eigenvalue weighted by atomic mass is 32.1. The highest BCUT2D eigenvalue weighted by Crippen LogP contribution is 2.44. The van der Waals surface area contributed by atoms with Crippen LogP contribution >= 0.6 is 11.3 Å². The number of nitrogens with zero attached hydrogens (tertiary/aromatic N) is 5. The van der Waals surface area contributed by atoms with Crippen molar-refractivity contribution in [3.05, 3.63) is 188 Å². The van der Waals surface area contributed by atoms with Gasteiger partial charge in [-0.1, -0.05) is 164 Å². The van der Waals surface area contributed by atoms with Crippen LogP contribution in [0.5, 0.6) is 0 Å². The highest BCUT2D eigenvalue weighted by Gasteiger charge is 2.18.